The van der Waals surface area contributed by atoms with Gasteiger partial charge in [0.15, 0.2) is 0 Å². The number of sulfonamides is 1. The normalized spacial score (nSPS) is 11.3. The van der Waals surface area contributed by atoms with Gasteiger partial charge in [0.1, 0.15) is 5.76 Å². The molecule has 0 unspecified atom stereocenters. The van der Waals surface area contributed by atoms with Gasteiger partial charge in [-0.25, -0.2) is 13.1 Å². The Balaban J connectivity index is 1.62. The highest BCUT2D eigenvalue weighted by atomic mass is 32.2. The van der Waals surface area contributed by atoms with Gasteiger partial charge in [0, 0.05) is 12.1 Å². The van der Waals surface area contributed by atoms with Crippen molar-refractivity contribution in [1.29, 1.82) is 0 Å². The summed E-state index contributed by atoms with van der Waals surface area (Å²) in [5, 5.41) is 2.84. The zero-order valence-electron chi connectivity index (χ0n) is 14.8. The first-order valence-corrected chi connectivity index (χ1v) is 9.89. The second-order valence-corrected chi connectivity index (χ2v) is 7.80. The molecule has 0 aliphatic rings. The third kappa shape index (κ3) is 4.84. The zero-order valence-corrected chi connectivity index (χ0v) is 15.6. The Labute approximate surface area is 158 Å². The summed E-state index contributed by atoms with van der Waals surface area (Å²) in [4.78, 5) is 12.4. The van der Waals surface area contributed by atoms with E-state index in [1.54, 1.807) is 12.1 Å². The largest absolute Gasteiger partial charge is 0.468 e. The van der Waals surface area contributed by atoms with Crippen molar-refractivity contribution in [3.05, 3.63) is 89.4 Å². The number of furan rings is 1. The lowest BCUT2D eigenvalue weighted by Crippen LogP contribution is -2.24. The molecule has 2 N–H and O–H groups in total. The molecule has 0 spiro atoms. The van der Waals surface area contributed by atoms with Gasteiger partial charge in [-0.15, -0.1) is 0 Å². The number of nitrogens with one attached hydrogen (secondary N) is 2. The second kappa shape index (κ2) is 8.20. The minimum absolute atomic E-state index is 0.0635. The number of hydrogen-bond donors (Lipinski definition) is 2. The number of hydrogen-bond acceptors (Lipinski definition) is 4. The highest BCUT2D eigenvalue weighted by Gasteiger charge is 2.15. The third-order valence-electron chi connectivity index (χ3n) is 4.14. The summed E-state index contributed by atoms with van der Waals surface area (Å²) >= 11 is 0. The standard InChI is InChI=1S/C20H20N2O4S/c1-15-5-2-3-6-17(15)13-21-20(23)16-8-10-19(11-9-16)27(24,25)22-14-18-7-4-12-26-18/h2-12,22H,13-14H2,1H3,(H,21,23). The second-order valence-electron chi connectivity index (χ2n) is 6.04. The van der Waals surface area contributed by atoms with E-state index in [1.165, 1.54) is 30.5 Å². The summed E-state index contributed by atoms with van der Waals surface area (Å²) < 4.78 is 32.2. The van der Waals surface area contributed by atoms with Crippen molar-refractivity contribution in [2.75, 3.05) is 0 Å². The summed E-state index contributed by atoms with van der Waals surface area (Å²) in [6, 6.07) is 17.0. The van der Waals surface area contributed by atoms with E-state index < -0.39 is 10.0 Å². The summed E-state index contributed by atoms with van der Waals surface area (Å²) in [5.74, 6) is 0.261. The van der Waals surface area contributed by atoms with Crippen LogP contribution < -0.4 is 10.0 Å². The van der Waals surface area contributed by atoms with Gasteiger partial charge in [0.05, 0.1) is 17.7 Å². The molecule has 0 saturated carbocycles. The molecule has 2 aromatic carbocycles. The maximum Gasteiger partial charge on any atom is 0.251 e. The molecule has 3 aromatic rings. The monoisotopic (exact) mass is 384 g/mol. The van der Waals surface area contributed by atoms with Crippen molar-refractivity contribution in [1.82, 2.24) is 10.0 Å². The minimum atomic E-state index is -3.68. The van der Waals surface area contributed by atoms with Gasteiger partial charge in [-0.2, -0.15) is 0 Å². The fourth-order valence-electron chi connectivity index (χ4n) is 2.53. The Kier molecular flexibility index (Phi) is 5.73. The molecule has 6 nitrogen and oxygen atoms in total. The van der Waals surface area contributed by atoms with Gasteiger partial charge in [-0.1, -0.05) is 24.3 Å². The van der Waals surface area contributed by atoms with Crippen LogP contribution in [0.5, 0.6) is 0 Å². The van der Waals surface area contributed by atoms with Crippen LogP contribution in [-0.4, -0.2) is 14.3 Å². The smallest absolute Gasteiger partial charge is 0.251 e. The van der Waals surface area contributed by atoms with Gasteiger partial charge in [-0.3, -0.25) is 4.79 Å². The molecule has 0 aliphatic heterocycles. The number of rotatable bonds is 7. The molecule has 1 heterocycles. The number of carbonyl (C=O) groups excluding carboxylic acids is 1. The molecule has 1 aromatic heterocycles. The van der Waals surface area contributed by atoms with Crippen molar-refractivity contribution in [3.8, 4) is 0 Å². The molecular weight excluding hydrogens is 364 g/mol. The van der Waals surface area contributed by atoms with E-state index in [2.05, 4.69) is 10.0 Å². The molecular formula is C20H20N2O4S. The predicted octanol–water partition coefficient (Wildman–Crippen LogP) is 3.00. The molecule has 0 fully saturated rings. The van der Waals surface area contributed by atoms with E-state index in [-0.39, 0.29) is 17.3 Å². The predicted molar refractivity (Wildman–Crippen MR) is 102 cm³/mol. The van der Waals surface area contributed by atoms with Crippen molar-refractivity contribution in [2.24, 2.45) is 0 Å². The maximum atomic E-state index is 12.3. The van der Waals surface area contributed by atoms with E-state index >= 15 is 0 Å². The summed E-state index contributed by atoms with van der Waals surface area (Å²) in [7, 11) is -3.68. The van der Waals surface area contributed by atoms with Crippen LogP contribution in [0, 0.1) is 6.92 Å². The van der Waals surface area contributed by atoms with Crippen LogP contribution >= 0.6 is 0 Å². The van der Waals surface area contributed by atoms with Gasteiger partial charge in [0.2, 0.25) is 10.0 Å². The molecule has 3 rings (SSSR count). The summed E-state index contributed by atoms with van der Waals surface area (Å²) in [5.41, 5.74) is 2.53. The van der Waals surface area contributed by atoms with E-state index in [9.17, 15) is 13.2 Å². The highest BCUT2D eigenvalue weighted by Crippen LogP contribution is 2.12. The number of benzene rings is 2. The first kappa shape index (κ1) is 18.9. The van der Waals surface area contributed by atoms with Crippen molar-refractivity contribution in [2.45, 2.75) is 24.9 Å². The molecule has 0 atom stereocenters. The molecule has 7 heteroatoms. The molecule has 0 saturated heterocycles. The fraction of sp³-hybridized carbons (Fsp3) is 0.150. The lowest BCUT2D eigenvalue weighted by molar-refractivity contribution is 0.0950. The average Bonchev–Trinajstić information content (AvgIpc) is 3.19. The van der Waals surface area contributed by atoms with E-state index in [4.69, 9.17) is 4.42 Å². The van der Waals surface area contributed by atoms with Crippen LogP contribution in [0.25, 0.3) is 0 Å². The Hall–Kier alpha value is -2.90. The SMILES string of the molecule is Cc1ccccc1CNC(=O)c1ccc(S(=O)(=O)NCc2ccco2)cc1. The average molecular weight is 384 g/mol. The van der Waals surface area contributed by atoms with E-state index in [0.717, 1.165) is 11.1 Å². The fourth-order valence-corrected chi connectivity index (χ4v) is 3.53. The number of aryl methyl sites for hydroxylation is 1. The molecule has 27 heavy (non-hydrogen) atoms. The van der Waals surface area contributed by atoms with Crippen LogP contribution in [0.2, 0.25) is 0 Å². The zero-order chi connectivity index (χ0) is 19.3. The lowest BCUT2D eigenvalue weighted by Gasteiger charge is -2.09. The Morgan fingerprint density at radius 2 is 1.70 bits per heavy atom. The van der Waals surface area contributed by atoms with Crippen LogP contribution in [0.4, 0.5) is 0 Å². The van der Waals surface area contributed by atoms with Crippen molar-refractivity contribution >= 4 is 15.9 Å². The quantitative estimate of drug-likeness (QED) is 0.655. The Morgan fingerprint density at radius 1 is 0.963 bits per heavy atom. The van der Waals surface area contributed by atoms with Crippen LogP contribution in [0.15, 0.2) is 76.2 Å². The topological polar surface area (TPSA) is 88.4 Å². The lowest BCUT2D eigenvalue weighted by atomic mass is 10.1. The molecule has 140 valence electrons. The molecule has 0 radical (unpaired) electrons. The third-order valence-corrected chi connectivity index (χ3v) is 5.56. The van der Waals surface area contributed by atoms with Gasteiger partial charge in [0.25, 0.3) is 5.91 Å². The van der Waals surface area contributed by atoms with Crippen LogP contribution in [0.3, 0.4) is 0 Å². The van der Waals surface area contributed by atoms with Gasteiger partial charge in [-0.05, 0) is 54.4 Å². The van der Waals surface area contributed by atoms with Gasteiger partial charge < -0.3 is 9.73 Å². The van der Waals surface area contributed by atoms with Crippen LogP contribution in [0.1, 0.15) is 27.2 Å². The van der Waals surface area contributed by atoms with Crippen molar-refractivity contribution < 1.29 is 17.6 Å². The summed E-state index contributed by atoms with van der Waals surface area (Å²) in [6.07, 6.45) is 1.48. The van der Waals surface area contributed by atoms with Gasteiger partial charge >= 0.3 is 0 Å². The first-order valence-electron chi connectivity index (χ1n) is 8.40. The molecule has 1 amide bonds. The minimum Gasteiger partial charge on any atom is -0.468 e. The first-order chi connectivity index (χ1) is 13.0. The molecule has 0 bridgehead atoms. The maximum absolute atomic E-state index is 12.3. The Morgan fingerprint density at radius 3 is 2.37 bits per heavy atom. The highest BCUT2D eigenvalue weighted by molar-refractivity contribution is 7.89. The van der Waals surface area contributed by atoms with E-state index in [0.29, 0.717) is 17.9 Å². The number of carbonyl (C=O) groups is 1. The number of amides is 1. The van der Waals surface area contributed by atoms with Crippen molar-refractivity contribution in [3.63, 3.8) is 0 Å². The van der Waals surface area contributed by atoms with Crippen LogP contribution in [-0.2, 0) is 23.1 Å². The summed E-state index contributed by atoms with van der Waals surface area (Å²) in [6.45, 7) is 2.46. The van der Waals surface area contributed by atoms with E-state index in [1.807, 2.05) is 31.2 Å². The Bertz CT molecular complexity index is 1010. The molecule has 0 aliphatic carbocycles.